The normalized spacial score (nSPS) is 10.2. The van der Waals surface area contributed by atoms with Gasteiger partial charge in [0.15, 0.2) is 6.61 Å². The van der Waals surface area contributed by atoms with E-state index in [1.165, 1.54) is 4.90 Å². The van der Waals surface area contributed by atoms with E-state index in [0.29, 0.717) is 0 Å². The Balaban J connectivity index is 1.85. The second kappa shape index (κ2) is 8.10. The highest BCUT2D eigenvalue weighted by Crippen LogP contribution is 2.19. The monoisotopic (exact) mass is 328 g/mol. The highest BCUT2D eigenvalue weighted by molar-refractivity contribution is 5.90. The molecule has 0 aliphatic heterocycles. The maximum Gasteiger partial charge on any atom is 0.310 e. The number of fused-ring (bicyclic) bond motifs is 1. The SMILES string of the molecule is CN(C)C(=O)CNC(=O)COC(=O)Cc1cccc2ccccc12. The summed E-state index contributed by atoms with van der Waals surface area (Å²) in [6, 6.07) is 13.5. The maximum atomic E-state index is 11.9. The average molecular weight is 328 g/mol. The van der Waals surface area contributed by atoms with Crippen molar-refractivity contribution in [1.29, 1.82) is 0 Å². The van der Waals surface area contributed by atoms with Crippen molar-refractivity contribution in [3.8, 4) is 0 Å². The van der Waals surface area contributed by atoms with Gasteiger partial charge in [-0.1, -0.05) is 42.5 Å². The molecule has 0 fully saturated rings. The molecule has 0 bridgehead atoms. The number of hydrogen-bond donors (Lipinski definition) is 1. The molecular formula is C18H20N2O4. The summed E-state index contributed by atoms with van der Waals surface area (Å²) in [6.07, 6.45) is 0.0886. The van der Waals surface area contributed by atoms with E-state index in [2.05, 4.69) is 5.32 Å². The van der Waals surface area contributed by atoms with Gasteiger partial charge in [0.05, 0.1) is 13.0 Å². The van der Waals surface area contributed by atoms with Crippen molar-refractivity contribution in [2.24, 2.45) is 0 Å². The molecule has 0 aromatic heterocycles. The Bertz CT molecular complexity index is 750. The van der Waals surface area contributed by atoms with Crippen LogP contribution in [0.5, 0.6) is 0 Å². The number of benzene rings is 2. The Morgan fingerprint density at radius 3 is 2.50 bits per heavy atom. The fraction of sp³-hybridized carbons (Fsp3) is 0.278. The number of rotatable bonds is 6. The lowest BCUT2D eigenvalue weighted by atomic mass is 10.0. The summed E-state index contributed by atoms with van der Waals surface area (Å²) in [6.45, 7) is -0.517. The number of ether oxygens (including phenoxy) is 1. The molecule has 0 aliphatic carbocycles. The lowest BCUT2D eigenvalue weighted by Gasteiger charge is -2.11. The first-order chi connectivity index (χ1) is 11.5. The molecule has 6 nitrogen and oxygen atoms in total. The molecule has 0 aliphatic rings. The number of esters is 1. The number of nitrogens with zero attached hydrogens (tertiary/aromatic N) is 1. The first kappa shape index (κ1) is 17.5. The van der Waals surface area contributed by atoms with E-state index in [-0.39, 0.29) is 18.9 Å². The molecule has 0 atom stereocenters. The van der Waals surface area contributed by atoms with Crippen molar-refractivity contribution in [3.05, 3.63) is 48.0 Å². The summed E-state index contributed by atoms with van der Waals surface area (Å²) >= 11 is 0. The van der Waals surface area contributed by atoms with Crippen molar-refractivity contribution < 1.29 is 19.1 Å². The minimum absolute atomic E-state index is 0.0886. The third-order valence-electron chi connectivity index (χ3n) is 3.51. The largest absolute Gasteiger partial charge is 0.455 e. The van der Waals surface area contributed by atoms with Gasteiger partial charge in [0.25, 0.3) is 5.91 Å². The lowest BCUT2D eigenvalue weighted by molar-refractivity contribution is -0.148. The zero-order valence-corrected chi connectivity index (χ0v) is 13.7. The van der Waals surface area contributed by atoms with Gasteiger partial charge in [-0.2, -0.15) is 0 Å². The molecule has 0 spiro atoms. The van der Waals surface area contributed by atoms with Gasteiger partial charge in [-0.3, -0.25) is 14.4 Å². The van der Waals surface area contributed by atoms with Gasteiger partial charge in [0.2, 0.25) is 5.91 Å². The minimum atomic E-state index is -0.503. The quantitative estimate of drug-likeness (QED) is 0.807. The Morgan fingerprint density at radius 1 is 1.04 bits per heavy atom. The number of carbonyl (C=O) groups excluding carboxylic acids is 3. The van der Waals surface area contributed by atoms with Crippen molar-refractivity contribution in [1.82, 2.24) is 10.2 Å². The van der Waals surface area contributed by atoms with Gasteiger partial charge >= 0.3 is 5.97 Å². The van der Waals surface area contributed by atoms with E-state index in [1.807, 2.05) is 42.5 Å². The molecule has 24 heavy (non-hydrogen) atoms. The third kappa shape index (κ3) is 4.81. The van der Waals surface area contributed by atoms with E-state index in [4.69, 9.17) is 4.74 Å². The predicted molar refractivity (Wildman–Crippen MR) is 90.3 cm³/mol. The molecule has 2 rings (SSSR count). The summed E-state index contributed by atoms with van der Waals surface area (Å²) in [5.74, 6) is -1.22. The van der Waals surface area contributed by atoms with Crippen LogP contribution in [0.3, 0.4) is 0 Å². The van der Waals surface area contributed by atoms with Gasteiger partial charge in [-0.15, -0.1) is 0 Å². The van der Waals surface area contributed by atoms with E-state index < -0.39 is 18.5 Å². The van der Waals surface area contributed by atoms with Gasteiger partial charge in [-0.05, 0) is 16.3 Å². The summed E-state index contributed by atoms with van der Waals surface area (Å²) in [5.41, 5.74) is 0.848. The van der Waals surface area contributed by atoms with Crippen LogP contribution in [0.15, 0.2) is 42.5 Å². The first-order valence-corrected chi connectivity index (χ1v) is 7.56. The summed E-state index contributed by atoms with van der Waals surface area (Å²) in [5, 5.41) is 4.43. The zero-order valence-electron chi connectivity index (χ0n) is 13.7. The molecule has 2 aromatic rings. The molecule has 6 heteroatoms. The molecule has 1 N–H and O–H groups in total. The highest BCUT2D eigenvalue weighted by atomic mass is 16.5. The van der Waals surface area contributed by atoms with Crippen LogP contribution < -0.4 is 5.32 Å². The Morgan fingerprint density at radius 2 is 1.75 bits per heavy atom. The highest BCUT2D eigenvalue weighted by Gasteiger charge is 2.12. The van der Waals surface area contributed by atoms with Gasteiger partial charge in [0.1, 0.15) is 0 Å². The number of likely N-dealkylation sites (N-methyl/N-ethyl adjacent to an activating group) is 1. The Labute approximate surface area is 140 Å². The number of nitrogens with one attached hydrogen (secondary N) is 1. The van der Waals surface area contributed by atoms with Crippen LogP contribution in [0.1, 0.15) is 5.56 Å². The Kier molecular flexibility index (Phi) is 5.89. The molecule has 2 amide bonds. The second-order valence-electron chi connectivity index (χ2n) is 5.54. The number of hydrogen-bond acceptors (Lipinski definition) is 4. The van der Waals surface area contributed by atoms with Crippen LogP contribution in [0, 0.1) is 0 Å². The molecular weight excluding hydrogens is 308 g/mol. The van der Waals surface area contributed by atoms with Gasteiger partial charge < -0.3 is 15.0 Å². The number of carbonyl (C=O) groups is 3. The topological polar surface area (TPSA) is 75.7 Å². The van der Waals surface area contributed by atoms with Crippen molar-refractivity contribution >= 4 is 28.6 Å². The summed E-state index contributed by atoms with van der Waals surface area (Å²) < 4.78 is 4.97. The fourth-order valence-electron chi connectivity index (χ4n) is 2.18. The molecule has 0 heterocycles. The summed E-state index contributed by atoms with van der Waals surface area (Å²) in [7, 11) is 3.19. The zero-order chi connectivity index (χ0) is 17.5. The van der Waals surface area contributed by atoms with Crippen LogP contribution in [0.4, 0.5) is 0 Å². The van der Waals surface area contributed by atoms with Crippen molar-refractivity contribution in [2.45, 2.75) is 6.42 Å². The van der Waals surface area contributed by atoms with Crippen LogP contribution in [0.25, 0.3) is 10.8 Å². The molecule has 126 valence electrons. The standard InChI is InChI=1S/C18H20N2O4/c1-20(2)17(22)11-19-16(21)12-24-18(23)10-14-8-5-7-13-6-3-4-9-15(13)14/h3-9H,10-12H2,1-2H3,(H,19,21). The van der Waals surface area contributed by atoms with Gasteiger partial charge in [-0.25, -0.2) is 0 Å². The first-order valence-electron chi connectivity index (χ1n) is 7.56. The van der Waals surface area contributed by atoms with Crippen LogP contribution >= 0.6 is 0 Å². The van der Waals surface area contributed by atoms with Gasteiger partial charge in [0, 0.05) is 14.1 Å². The fourth-order valence-corrected chi connectivity index (χ4v) is 2.18. The molecule has 0 unspecified atom stereocenters. The second-order valence-corrected chi connectivity index (χ2v) is 5.54. The Hall–Kier alpha value is -2.89. The minimum Gasteiger partial charge on any atom is -0.455 e. The van der Waals surface area contributed by atoms with Crippen LogP contribution in [-0.2, 0) is 25.5 Å². The van der Waals surface area contributed by atoms with Crippen LogP contribution in [0.2, 0.25) is 0 Å². The van der Waals surface area contributed by atoms with Crippen molar-refractivity contribution in [2.75, 3.05) is 27.2 Å². The maximum absolute atomic E-state index is 11.9. The van der Waals surface area contributed by atoms with Crippen LogP contribution in [-0.4, -0.2) is 49.9 Å². The van der Waals surface area contributed by atoms with E-state index in [0.717, 1.165) is 16.3 Å². The smallest absolute Gasteiger partial charge is 0.310 e. The molecule has 0 saturated heterocycles. The molecule has 0 saturated carbocycles. The predicted octanol–water partition coefficient (Wildman–Crippen LogP) is 1.13. The summed E-state index contributed by atoms with van der Waals surface area (Å²) in [4.78, 5) is 36.2. The van der Waals surface area contributed by atoms with Crippen molar-refractivity contribution in [3.63, 3.8) is 0 Å². The van der Waals surface area contributed by atoms with E-state index in [1.54, 1.807) is 14.1 Å². The van der Waals surface area contributed by atoms with E-state index >= 15 is 0 Å². The van der Waals surface area contributed by atoms with E-state index in [9.17, 15) is 14.4 Å². The molecule has 0 radical (unpaired) electrons. The number of amides is 2. The average Bonchev–Trinajstić information content (AvgIpc) is 2.58. The third-order valence-corrected chi connectivity index (χ3v) is 3.51. The lowest BCUT2D eigenvalue weighted by Crippen LogP contribution is -2.38. The molecule has 2 aromatic carbocycles.